The van der Waals surface area contributed by atoms with E-state index in [2.05, 4.69) is 25.1 Å². The third-order valence-corrected chi connectivity index (χ3v) is 11.6. The number of aromatic hydroxyl groups is 1. The van der Waals surface area contributed by atoms with Crippen LogP contribution in [0, 0.1) is 11.7 Å². The molecule has 0 amide bonds. The monoisotopic (exact) mass is 646 g/mol. The number of pyridine rings is 1. The Hall–Kier alpha value is -3.34. The summed E-state index contributed by atoms with van der Waals surface area (Å²) in [7, 11) is 0. The highest BCUT2D eigenvalue weighted by Gasteiger charge is 2.57. The SMILES string of the molecule is Oc1cc(-c2ncc3c(N4CC5CCC(C4)N5)nc(OC[C@@]45C[C@H](F)CN4[C@@H]4CCCC[C@@H]4C5)nc3c2F)c2c(Cl)cccc2c1. The van der Waals surface area contributed by atoms with Gasteiger partial charge in [-0.3, -0.25) is 9.88 Å². The molecule has 2 bridgehead atoms. The van der Waals surface area contributed by atoms with Gasteiger partial charge in [0.2, 0.25) is 0 Å². The van der Waals surface area contributed by atoms with Crippen LogP contribution in [-0.2, 0) is 0 Å². The number of halogens is 3. The molecule has 2 N–H and O–H groups in total. The first-order chi connectivity index (χ1) is 22.3. The van der Waals surface area contributed by atoms with Crippen LogP contribution in [0.3, 0.4) is 0 Å². The van der Waals surface area contributed by atoms with Gasteiger partial charge in [-0.05, 0) is 61.6 Å². The summed E-state index contributed by atoms with van der Waals surface area (Å²) in [6.45, 7) is 2.19. The van der Waals surface area contributed by atoms with Crippen LogP contribution in [0.15, 0.2) is 36.5 Å². The number of fused-ring (bicyclic) bond motifs is 7. The summed E-state index contributed by atoms with van der Waals surface area (Å²) in [5, 5.41) is 16.4. The minimum atomic E-state index is -0.883. The van der Waals surface area contributed by atoms with Crippen molar-refractivity contribution in [1.82, 2.24) is 25.2 Å². The van der Waals surface area contributed by atoms with Crippen molar-refractivity contribution in [1.29, 1.82) is 0 Å². The zero-order valence-corrected chi connectivity index (χ0v) is 26.3. The van der Waals surface area contributed by atoms with Crippen LogP contribution in [0.1, 0.15) is 51.4 Å². The van der Waals surface area contributed by atoms with E-state index < -0.39 is 17.5 Å². The Morgan fingerprint density at radius 1 is 1.04 bits per heavy atom. The third kappa shape index (κ3) is 4.62. The molecule has 2 unspecified atom stereocenters. The first-order valence-corrected chi connectivity index (χ1v) is 17.1. The van der Waals surface area contributed by atoms with E-state index in [1.807, 2.05) is 6.07 Å². The number of benzene rings is 2. The number of hydrogen-bond acceptors (Lipinski definition) is 8. The molecule has 6 heterocycles. The molecule has 1 aliphatic carbocycles. The quantitative estimate of drug-likeness (QED) is 0.257. The lowest BCUT2D eigenvalue weighted by Crippen LogP contribution is -2.51. The van der Waals surface area contributed by atoms with Crippen molar-refractivity contribution in [3.05, 3.63) is 47.4 Å². The van der Waals surface area contributed by atoms with Gasteiger partial charge < -0.3 is 20.1 Å². The topological polar surface area (TPSA) is 86.6 Å². The lowest BCUT2D eigenvalue weighted by atomic mass is 9.81. The molecule has 8 nitrogen and oxygen atoms in total. The predicted molar refractivity (Wildman–Crippen MR) is 174 cm³/mol. The van der Waals surface area contributed by atoms with Crippen LogP contribution < -0.4 is 15.0 Å². The van der Waals surface area contributed by atoms with Gasteiger partial charge in [0.15, 0.2) is 5.82 Å². The lowest BCUT2D eigenvalue weighted by molar-refractivity contribution is 0.0775. The van der Waals surface area contributed by atoms with Crippen LogP contribution in [0.25, 0.3) is 32.9 Å². The second kappa shape index (κ2) is 10.9. The number of piperazine rings is 1. The summed E-state index contributed by atoms with van der Waals surface area (Å²) in [5.74, 6) is 0.509. The minimum Gasteiger partial charge on any atom is -0.508 e. The van der Waals surface area contributed by atoms with Crippen LogP contribution in [0.5, 0.6) is 11.8 Å². The number of nitrogens with zero attached hydrogens (tertiary/aromatic N) is 5. The number of nitrogens with one attached hydrogen (secondary N) is 1. The minimum absolute atomic E-state index is 0.0153. The highest BCUT2D eigenvalue weighted by atomic mass is 35.5. The molecule has 0 radical (unpaired) electrons. The fraction of sp³-hybridized carbons (Fsp3) is 0.514. The molecule has 9 rings (SSSR count). The Morgan fingerprint density at radius 3 is 2.72 bits per heavy atom. The van der Waals surface area contributed by atoms with E-state index in [0.717, 1.165) is 38.8 Å². The molecular formula is C35H37ClF2N6O2. The summed E-state index contributed by atoms with van der Waals surface area (Å²) >= 11 is 6.60. The molecule has 1 saturated carbocycles. The summed E-state index contributed by atoms with van der Waals surface area (Å²) in [6, 6.07) is 9.59. The smallest absolute Gasteiger partial charge is 0.319 e. The van der Waals surface area contributed by atoms with E-state index in [4.69, 9.17) is 21.3 Å². The number of alkyl halides is 1. The molecule has 5 aliphatic rings. The highest BCUT2D eigenvalue weighted by molar-refractivity contribution is 6.36. The molecule has 4 aromatic rings. The maximum Gasteiger partial charge on any atom is 0.319 e. The van der Waals surface area contributed by atoms with E-state index >= 15 is 4.39 Å². The van der Waals surface area contributed by atoms with Crippen molar-refractivity contribution >= 4 is 39.1 Å². The van der Waals surface area contributed by atoms with Gasteiger partial charge in [-0.2, -0.15) is 9.97 Å². The lowest BCUT2D eigenvalue weighted by Gasteiger charge is -2.36. The second-order valence-electron chi connectivity index (χ2n) is 14.2. The molecule has 240 valence electrons. The first-order valence-electron chi connectivity index (χ1n) is 16.7. The van der Waals surface area contributed by atoms with E-state index in [0.29, 0.717) is 69.6 Å². The third-order valence-electron chi connectivity index (χ3n) is 11.3. The molecule has 2 aromatic heterocycles. The summed E-state index contributed by atoms with van der Waals surface area (Å²) < 4.78 is 38.2. The number of hydrogen-bond donors (Lipinski definition) is 2. The Balaban J connectivity index is 1.15. The number of phenolic OH excluding ortho intramolecular Hbond substituents is 1. The molecule has 4 saturated heterocycles. The van der Waals surface area contributed by atoms with Crippen molar-refractivity contribution in [3.63, 3.8) is 0 Å². The van der Waals surface area contributed by atoms with Gasteiger partial charge in [0.1, 0.15) is 35.6 Å². The average Bonchev–Trinajstić information content (AvgIpc) is 3.66. The molecule has 46 heavy (non-hydrogen) atoms. The fourth-order valence-electron chi connectivity index (χ4n) is 9.45. The molecule has 4 aliphatic heterocycles. The fourth-order valence-corrected chi connectivity index (χ4v) is 9.73. The van der Waals surface area contributed by atoms with Gasteiger partial charge in [-0.1, -0.05) is 36.6 Å². The van der Waals surface area contributed by atoms with Crippen LogP contribution >= 0.6 is 11.6 Å². The number of rotatable bonds is 5. The van der Waals surface area contributed by atoms with E-state index in [-0.39, 0.29) is 29.6 Å². The van der Waals surface area contributed by atoms with E-state index in [1.54, 1.807) is 24.4 Å². The van der Waals surface area contributed by atoms with E-state index in [1.165, 1.54) is 25.3 Å². The summed E-state index contributed by atoms with van der Waals surface area (Å²) in [4.78, 5) is 18.7. The molecule has 11 heteroatoms. The van der Waals surface area contributed by atoms with Crippen molar-refractivity contribution < 1.29 is 18.6 Å². The molecule has 6 atom stereocenters. The second-order valence-corrected chi connectivity index (χ2v) is 14.6. The Bertz CT molecular complexity index is 1850. The maximum absolute atomic E-state index is 16.8. The standard InChI is InChI=1S/C35H37ClF2N6O2/c36-27-6-3-5-19-10-24(45)11-25(29(19)27)31-30(38)32-26(14-39-31)33(43-16-22-8-9-23(17-43)40-22)42-34(41-32)46-18-35-12-20-4-1-2-7-28(20)44(35)15-21(37)13-35/h3,5-6,10-11,14,20-23,28,40,45H,1-2,4,7-9,12-13,15-18H2/t20-,21+,22?,23?,28-,35-/m1/s1. The Kier molecular flexibility index (Phi) is 6.81. The normalized spacial score (nSPS) is 30.7. The number of aromatic nitrogens is 3. The first kappa shape index (κ1) is 28.8. The number of phenols is 1. The predicted octanol–water partition coefficient (Wildman–Crippen LogP) is 6.41. The largest absolute Gasteiger partial charge is 0.508 e. The number of anilines is 1. The average molecular weight is 647 g/mol. The highest BCUT2D eigenvalue weighted by Crippen LogP contribution is 2.51. The molecule has 5 fully saturated rings. The van der Waals surface area contributed by atoms with E-state index in [9.17, 15) is 9.50 Å². The maximum atomic E-state index is 16.8. The van der Waals surface area contributed by atoms with Gasteiger partial charge in [-0.25, -0.2) is 8.78 Å². The van der Waals surface area contributed by atoms with Crippen molar-refractivity contribution in [2.45, 2.75) is 81.2 Å². The molecule has 0 spiro atoms. The van der Waals surface area contributed by atoms with Gasteiger partial charge in [0, 0.05) is 66.3 Å². The summed E-state index contributed by atoms with van der Waals surface area (Å²) in [5.41, 5.74) is 0.123. The van der Waals surface area contributed by atoms with Crippen molar-refractivity contribution in [2.75, 3.05) is 31.1 Å². The summed E-state index contributed by atoms with van der Waals surface area (Å²) in [6.07, 6.45) is 8.95. The van der Waals surface area contributed by atoms with Crippen LogP contribution in [-0.4, -0.2) is 81.0 Å². The molecular weight excluding hydrogens is 610 g/mol. The Morgan fingerprint density at radius 2 is 1.87 bits per heavy atom. The van der Waals surface area contributed by atoms with Gasteiger partial charge in [-0.15, -0.1) is 0 Å². The zero-order valence-electron chi connectivity index (χ0n) is 25.6. The van der Waals surface area contributed by atoms with Crippen LogP contribution in [0.4, 0.5) is 14.6 Å². The van der Waals surface area contributed by atoms with Crippen molar-refractivity contribution in [3.8, 4) is 23.0 Å². The Labute approximate surface area is 271 Å². The van der Waals surface area contributed by atoms with Crippen molar-refractivity contribution in [2.24, 2.45) is 5.92 Å². The zero-order chi connectivity index (χ0) is 31.2. The molecule has 2 aromatic carbocycles. The van der Waals surface area contributed by atoms with Gasteiger partial charge >= 0.3 is 6.01 Å². The van der Waals surface area contributed by atoms with Crippen LogP contribution in [0.2, 0.25) is 5.02 Å². The number of ether oxygens (including phenoxy) is 1. The van der Waals surface area contributed by atoms with Gasteiger partial charge in [0.25, 0.3) is 0 Å². The van der Waals surface area contributed by atoms with Gasteiger partial charge in [0.05, 0.1) is 10.9 Å².